The summed E-state index contributed by atoms with van der Waals surface area (Å²) in [7, 11) is 2.19. The van der Waals surface area contributed by atoms with Crippen molar-refractivity contribution in [1.29, 1.82) is 0 Å². The van der Waals surface area contributed by atoms with Crippen LogP contribution in [-0.2, 0) is 0 Å². The molecule has 1 fully saturated rings. The van der Waals surface area contributed by atoms with Crippen molar-refractivity contribution in [3.8, 4) is 0 Å². The van der Waals surface area contributed by atoms with E-state index in [0.717, 1.165) is 0 Å². The first-order valence-corrected chi connectivity index (χ1v) is 3.20. The van der Waals surface area contributed by atoms with Gasteiger partial charge < -0.3 is 4.90 Å². The maximum atomic E-state index is 2.39. The van der Waals surface area contributed by atoms with E-state index in [0.29, 0.717) is 5.41 Å². The summed E-state index contributed by atoms with van der Waals surface area (Å²) in [6, 6.07) is 0. The fraction of sp³-hybridized carbons (Fsp3) is 0.714. The molecular weight excluding hydrogens is 98.1 g/mol. The van der Waals surface area contributed by atoms with Crippen LogP contribution in [0, 0.1) is 5.41 Å². The van der Waals surface area contributed by atoms with E-state index in [2.05, 4.69) is 24.1 Å². The van der Waals surface area contributed by atoms with E-state index in [9.17, 15) is 0 Å². The van der Waals surface area contributed by atoms with Gasteiger partial charge in [-0.05, 0) is 20.0 Å². The molecule has 1 aliphatic carbocycles. The standard InChI is InChI=1S/C7H11N/c1-8-5-4-7(6-8)2-3-7/h2-3H,4-6H2,1H3. The number of rotatable bonds is 0. The third-order valence-corrected chi connectivity index (χ3v) is 2.16. The molecule has 2 rings (SSSR count). The Labute approximate surface area is 50.0 Å². The molecule has 0 N–H and O–H groups in total. The Morgan fingerprint density at radius 1 is 1.50 bits per heavy atom. The maximum Gasteiger partial charge on any atom is 0.0201 e. The lowest BCUT2D eigenvalue weighted by molar-refractivity contribution is 0.399. The third kappa shape index (κ3) is 0.511. The Kier molecular flexibility index (Phi) is 0.662. The highest BCUT2D eigenvalue weighted by atomic mass is 15.1. The highest BCUT2D eigenvalue weighted by molar-refractivity contribution is 5.28. The fourth-order valence-electron chi connectivity index (χ4n) is 1.45. The second kappa shape index (κ2) is 1.16. The molecule has 8 heavy (non-hydrogen) atoms. The first-order chi connectivity index (χ1) is 3.81. The first-order valence-electron chi connectivity index (χ1n) is 3.20. The molecule has 0 amide bonds. The van der Waals surface area contributed by atoms with Crippen molar-refractivity contribution in [2.75, 3.05) is 20.1 Å². The largest absolute Gasteiger partial charge is 0.305 e. The van der Waals surface area contributed by atoms with Crippen LogP contribution in [0.1, 0.15) is 6.42 Å². The van der Waals surface area contributed by atoms with Gasteiger partial charge in [-0.25, -0.2) is 0 Å². The Morgan fingerprint density at radius 3 is 2.50 bits per heavy atom. The topological polar surface area (TPSA) is 3.24 Å². The summed E-state index contributed by atoms with van der Waals surface area (Å²) < 4.78 is 0. The predicted molar refractivity (Wildman–Crippen MR) is 33.7 cm³/mol. The molecule has 0 aromatic rings. The summed E-state index contributed by atoms with van der Waals surface area (Å²) in [5.74, 6) is 0. The average Bonchev–Trinajstić information content (AvgIpc) is 2.34. The molecule has 0 unspecified atom stereocenters. The molecule has 1 heteroatoms. The Balaban J connectivity index is 2.04. The van der Waals surface area contributed by atoms with Crippen molar-refractivity contribution in [2.24, 2.45) is 5.41 Å². The summed E-state index contributed by atoms with van der Waals surface area (Å²) in [5, 5.41) is 0. The third-order valence-electron chi connectivity index (χ3n) is 2.16. The Hall–Kier alpha value is -0.300. The van der Waals surface area contributed by atoms with Crippen LogP contribution in [0.3, 0.4) is 0 Å². The van der Waals surface area contributed by atoms with Crippen molar-refractivity contribution in [1.82, 2.24) is 4.90 Å². The van der Waals surface area contributed by atoms with Gasteiger partial charge in [0.25, 0.3) is 0 Å². The van der Waals surface area contributed by atoms with Gasteiger partial charge in [-0.2, -0.15) is 0 Å². The highest BCUT2D eigenvalue weighted by Crippen LogP contribution is 2.42. The number of hydrogen-bond donors (Lipinski definition) is 0. The zero-order valence-electron chi connectivity index (χ0n) is 5.22. The molecule has 1 aliphatic heterocycles. The fourth-order valence-corrected chi connectivity index (χ4v) is 1.45. The van der Waals surface area contributed by atoms with Crippen LogP contribution in [0.2, 0.25) is 0 Å². The molecule has 1 spiro atoms. The van der Waals surface area contributed by atoms with Crippen molar-refractivity contribution in [3.05, 3.63) is 12.2 Å². The molecule has 0 aromatic carbocycles. The van der Waals surface area contributed by atoms with Gasteiger partial charge in [0.2, 0.25) is 0 Å². The molecule has 0 atom stereocenters. The van der Waals surface area contributed by atoms with E-state index in [1.54, 1.807) is 0 Å². The van der Waals surface area contributed by atoms with E-state index in [1.807, 2.05) is 0 Å². The summed E-state index contributed by atoms with van der Waals surface area (Å²) in [6.45, 7) is 2.56. The molecule has 0 bridgehead atoms. The van der Waals surface area contributed by atoms with Gasteiger partial charge in [0.15, 0.2) is 0 Å². The molecule has 1 saturated heterocycles. The molecule has 0 radical (unpaired) electrons. The molecule has 0 saturated carbocycles. The SMILES string of the molecule is CN1CCC2(C=C2)C1. The molecule has 2 aliphatic rings. The summed E-state index contributed by atoms with van der Waals surface area (Å²) >= 11 is 0. The monoisotopic (exact) mass is 109 g/mol. The van der Waals surface area contributed by atoms with Gasteiger partial charge in [-0.15, -0.1) is 0 Å². The van der Waals surface area contributed by atoms with Crippen LogP contribution < -0.4 is 0 Å². The highest BCUT2D eigenvalue weighted by Gasteiger charge is 2.39. The minimum atomic E-state index is 0.592. The van der Waals surface area contributed by atoms with Gasteiger partial charge in [-0.3, -0.25) is 0 Å². The second-order valence-electron chi connectivity index (χ2n) is 3.05. The quantitative estimate of drug-likeness (QED) is 0.417. The van der Waals surface area contributed by atoms with E-state index >= 15 is 0 Å². The zero-order chi connectivity index (χ0) is 5.61. The van der Waals surface area contributed by atoms with Gasteiger partial charge in [0.1, 0.15) is 0 Å². The van der Waals surface area contributed by atoms with Crippen LogP contribution >= 0.6 is 0 Å². The van der Waals surface area contributed by atoms with E-state index in [4.69, 9.17) is 0 Å². The summed E-state index contributed by atoms with van der Waals surface area (Å²) in [6.07, 6.45) is 6.02. The average molecular weight is 109 g/mol. The lowest BCUT2D eigenvalue weighted by atomic mass is 10.1. The summed E-state index contributed by atoms with van der Waals surface area (Å²) in [4.78, 5) is 2.39. The van der Waals surface area contributed by atoms with Gasteiger partial charge in [0.05, 0.1) is 0 Å². The summed E-state index contributed by atoms with van der Waals surface area (Å²) in [5.41, 5.74) is 0.592. The lowest BCUT2D eigenvalue weighted by Gasteiger charge is -2.06. The van der Waals surface area contributed by atoms with Gasteiger partial charge in [0, 0.05) is 12.0 Å². The van der Waals surface area contributed by atoms with Crippen molar-refractivity contribution in [2.45, 2.75) is 6.42 Å². The minimum Gasteiger partial charge on any atom is -0.305 e. The lowest BCUT2D eigenvalue weighted by Crippen LogP contribution is -2.14. The smallest absolute Gasteiger partial charge is 0.0201 e. The van der Waals surface area contributed by atoms with Crippen LogP contribution in [0.25, 0.3) is 0 Å². The van der Waals surface area contributed by atoms with Gasteiger partial charge in [-0.1, -0.05) is 12.2 Å². The normalized spacial score (nSPS) is 32.1. The second-order valence-corrected chi connectivity index (χ2v) is 3.05. The van der Waals surface area contributed by atoms with Crippen LogP contribution in [-0.4, -0.2) is 25.0 Å². The van der Waals surface area contributed by atoms with Crippen molar-refractivity contribution < 1.29 is 0 Å². The predicted octanol–water partition coefficient (Wildman–Crippen LogP) is 0.878. The number of likely N-dealkylation sites (tertiary alicyclic amines) is 1. The molecular formula is C7H11N. The maximum absolute atomic E-state index is 2.39. The molecule has 1 nitrogen and oxygen atoms in total. The Bertz CT molecular complexity index is 131. The number of hydrogen-bond acceptors (Lipinski definition) is 1. The van der Waals surface area contributed by atoms with E-state index in [1.165, 1.54) is 19.5 Å². The number of nitrogens with zero attached hydrogens (tertiary/aromatic N) is 1. The van der Waals surface area contributed by atoms with Crippen LogP contribution in [0.4, 0.5) is 0 Å². The molecule has 44 valence electrons. The van der Waals surface area contributed by atoms with Gasteiger partial charge >= 0.3 is 0 Å². The van der Waals surface area contributed by atoms with Crippen molar-refractivity contribution >= 4 is 0 Å². The first kappa shape index (κ1) is 4.57. The minimum absolute atomic E-state index is 0.592. The Morgan fingerprint density at radius 2 is 2.25 bits per heavy atom. The van der Waals surface area contributed by atoms with Crippen LogP contribution in [0.5, 0.6) is 0 Å². The molecule has 1 heterocycles. The van der Waals surface area contributed by atoms with Crippen molar-refractivity contribution in [3.63, 3.8) is 0 Å². The molecule has 0 aromatic heterocycles. The zero-order valence-corrected chi connectivity index (χ0v) is 5.22. The van der Waals surface area contributed by atoms with Crippen LogP contribution in [0.15, 0.2) is 12.2 Å². The van der Waals surface area contributed by atoms with E-state index < -0.39 is 0 Å². The van der Waals surface area contributed by atoms with E-state index in [-0.39, 0.29) is 0 Å².